The maximum atomic E-state index is 5.81. The van der Waals surface area contributed by atoms with Crippen molar-refractivity contribution in [2.24, 2.45) is 5.73 Å². The molecule has 0 radical (unpaired) electrons. The fourth-order valence-electron chi connectivity index (χ4n) is 3.16. The van der Waals surface area contributed by atoms with Crippen LogP contribution in [-0.4, -0.2) is 43.7 Å². The van der Waals surface area contributed by atoms with Crippen molar-refractivity contribution in [2.75, 3.05) is 31.6 Å². The second kappa shape index (κ2) is 5.93. The minimum Gasteiger partial charge on any atom is -0.365 e. The van der Waals surface area contributed by atoms with Crippen molar-refractivity contribution in [2.45, 2.75) is 39.3 Å². The third-order valence-electron chi connectivity index (χ3n) is 4.38. The lowest BCUT2D eigenvalue weighted by Crippen LogP contribution is -2.57. The number of rotatable bonds is 3. The molecule has 0 spiro atoms. The third-order valence-corrected chi connectivity index (χ3v) is 4.38. The van der Waals surface area contributed by atoms with Crippen molar-refractivity contribution in [3.8, 4) is 0 Å². The summed E-state index contributed by atoms with van der Waals surface area (Å²) in [6.07, 6.45) is 1.06. The molecule has 106 valence electrons. The lowest BCUT2D eigenvalue weighted by atomic mass is 10.00. The molecule has 0 saturated carbocycles. The molecule has 1 aliphatic rings. The van der Waals surface area contributed by atoms with Crippen LogP contribution in [0.25, 0.3) is 0 Å². The van der Waals surface area contributed by atoms with E-state index in [1.807, 2.05) is 0 Å². The van der Waals surface area contributed by atoms with Gasteiger partial charge in [0.25, 0.3) is 0 Å². The van der Waals surface area contributed by atoms with E-state index in [4.69, 9.17) is 5.73 Å². The summed E-state index contributed by atoms with van der Waals surface area (Å²) >= 11 is 0. The van der Waals surface area contributed by atoms with Gasteiger partial charge in [0, 0.05) is 30.9 Å². The van der Waals surface area contributed by atoms with Gasteiger partial charge in [0.2, 0.25) is 0 Å². The first-order valence-corrected chi connectivity index (χ1v) is 7.27. The Bertz CT molecular complexity index is 410. The number of likely N-dealkylation sites (N-methyl/N-ethyl adjacent to an activating group) is 1. The van der Waals surface area contributed by atoms with E-state index in [0.717, 1.165) is 26.1 Å². The molecule has 2 atom stereocenters. The van der Waals surface area contributed by atoms with Gasteiger partial charge in [-0.2, -0.15) is 0 Å². The SMILES string of the molecule is Cc1cccc(C)c1N1CC(C)N(C)CC1CCN. The fraction of sp³-hybridized carbons (Fsp3) is 0.625. The van der Waals surface area contributed by atoms with Crippen LogP contribution in [0, 0.1) is 13.8 Å². The topological polar surface area (TPSA) is 32.5 Å². The first-order valence-electron chi connectivity index (χ1n) is 7.27. The molecular weight excluding hydrogens is 234 g/mol. The first-order chi connectivity index (χ1) is 9.04. The van der Waals surface area contributed by atoms with Gasteiger partial charge in [-0.1, -0.05) is 18.2 Å². The van der Waals surface area contributed by atoms with E-state index in [2.05, 4.69) is 55.8 Å². The smallest absolute Gasteiger partial charge is 0.0429 e. The summed E-state index contributed by atoms with van der Waals surface area (Å²) in [5, 5.41) is 0. The molecule has 0 amide bonds. The summed E-state index contributed by atoms with van der Waals surface area (Å²) in [5.41, 5.74) is 9.98. The lowest BCUT2D eigenvalue weighted by Gasteiger charge is -2.46. The molecule has 3 heteroatoms. The second-order valence-corrected chi connectivity index (χ2v) is 5.91. The molecule has 3 nitrogen and oxygen atoms in total. The summed E-state index contributed by atoms with van der Waals surface area (Å²) in [6, 6.07) is 7.69. The molecule has 0 aromatic heterocycles. The Kier molecular flexibility index (Phi) is 4.48. The predicted molar refractivity (Wildman–Crippen MR) is 82.8 cm³/mol. The third kappa shape index (κ3) is 2.93. The van der Waals surface area contributed by atoms with Crippen molar-refractivity contribution in [3.63, 3.8) is 0 Å². The highest BCUT2D eigenvalue weighted by Gasteiger charge is 2.30. The van der Waals surface area contributed by atoms with Crippen LogP contribution < -0.4 is 10.6 Å². The maximum Gasteiger partial charge on any atom is 0.0429 e. The molecule has 2 unspecified atom stereocenters. The molecule has 1 heterocycles. The Hall–Kier alpha value is -1.06. The monoisotopic (exact) mass is 261 g/mol. The van der Waals surface area contributed by atoms with E-state index < -0.39 is 0 Å². The zero-order valence-electron chi connectivity index (χ0n) is 12.7. The van der Waals surface area contributed by atoms with Gasteiger partial charge < -0.3 is 10.6 Å². The van der Waals surface area contributed by atoms with Crippen LogP contribution in [0.5, 0.6) is 0 Å². The van der Waals surface area contributed by atoms with Gasteiger partial charge in [-0.15, -0.1) is 0 Å². The molecule has 2 rings (SSSR count). The number of piperazine rings is 1. The van der Waals surface area contributed by atoms with Crippen molar-refractivity contribution < 1.29 is 0 Å². The Morgan fingerprint density at radius 2 is 1.84 bits per heavy atom. The van der Waals surface area contributed by atoms with E-state index in [1.54, 1.807) is 0 Å². The number of aryl methyl sites for hydroxylation is 2. The summed E-state index contributed by atoms with van der Waals surface area (Å²) in [5.74, 6) is 0. The summed E-state index contributed by atoms with van der Waals surface area (Å²) < 4.78 is 0. The maximum absolute atomic E-state index is 5.81. The lowest BCUT2D eigenvalue weighted by molar-refractivity contribution is 0.196. The molecule has 1 fully saturated rings. The zero-order valence-corrected chi connectivity index (χ0v) is 12.7. The first kappa shape index (κ1) is 14.4. The van der Waals surface area contributed by atoms with Crippen LogP contribution in [0.3, 0.4) is 0 Å². The number of nitrogens with two attached hydrogens (primary N) is 1. The van der Waals surface area contributed by atoms with Crippen LogP contribution in [-0.2, 0) is 0 Å². The largest absolute Gasteiger partial charge is 0.365 e. The van der Waals surface area contributed by atoms with E-state index >= 15 is 0 Å². The van der Waals surface area contributed by atoms with Crippen LogP contribution in [0.4, 0.5) is 5.69 Å². The average molecular weight is 261 g/mol. The van der Waals surface area contributed by atoms with Gasteiger partial charge in [0.05, 0.1) is 0 Å². The quantitative estimate of drug-likeness (QED) is 0.905. The van der Waals surface area contributed by atoms with Crippen LogP contribution in [0.1, 0.15) is 24.5 Å². The van der Waals surface area contributed by atoms with Gasteiger partial charge in [0.1, 0.15) is 0 Å². The average Bonchev–Trinajstić information content (AvgIpc) is 2.35. The second-order valence-electron chi connectivity index (χ2n) is 5.91. The Labute approximate surface area is 117 Å². The van der Waals surface area contributed by atoms with Crippen molar-refractivity contribution in [3.05, 3.63) is 29.3 Å². The van der Waals surface area contributed by atoms with E-state index in [1.165, 1.54) is 16.8 Å². The molecule has 1 aliphatic heterocycles. The van der Waals surface area contributed by atoms with E-state index in [0.29, 0.717) is 12.1 Å². The van der Waals surface area contributed by atoms with Gasteiger partial charge >= 0.3 is 0 Å². The van der Waals surface area contributed by atoms with Crippen LogP contribution in [0.15, 0.2) is 18.2 Å². The normalized spacial score (nSPS) is 24.8. The predicted octanol–water partition coefficient (Wildman–Crippen LogP) is 2.16. The standard InChI is InChI=1S/C16H27N3/c1-12-6-5-7-13(2)16(12)19-10-14(3)18(4)11-15(19)8-9-17/h5-7,14-15H,8-11,17H2,1-4H3. The molecule has 1 aromatic rings. The number of benzene rings is 1. The zero-order chi connectivity index (χ0) is 14.0. The highest BCUT2D eigenvalue weighted by Crippen LogP contribution is 2.30. The summed E-state index contributed by atoms with van der Waals surface area (Å²) in [4.78, 5) is 5.03. The number of hydrogen-bond acceptors (Lipinski definition) is 3. The summed E-state index contributed by atoms with van der Waals surface area (Å²) in [7, 11) is 2.22. The fourth-order valence-corrected chi connectivity index (χ4v) is 3.16. The molecule has 2 N–H and O–H groups in total. The van der Waals surface area contributed by atoms with Crippen LogP contribution in [0.2, 0.25) is 0 Å². The number of hydrogen-bond donors (Lipinski definition) is 1. The van der Waals surface area contributed by atoms with Gasteiger partial charge in [-0.3, -0.25) is 4.90 Å². The highest BCUT2D eigenvalue weighted by molar-refractivity contribution is 5.60. The Morgan fingerprint density at radius 1 is 1.21 bits per heavy atom. The Balaban J connectivity index is 2.33. The van der Waals surface area contributed by atoms with Gasteiger partial charge in [0.15, 0.2) is 0 Å². The molecule has 0 aliphatic carbocycles. The minimum absolute atomic E-state index is 0.533. The van der Waals surface area contributed by atoms with Gasteiger partial charge in [-0.25, -0.2) is 0 Å². The van der Waals surface area contributed by atoms with Crippen molar-refractivity contribution >= 4 is 5.69 Å². The highest BCUT2D eigenvalue weighted by atomic mass is 15.3. The minimum atomic E-state index is 0.533. The molecular formula is C16H27N3. The van der Waals surface area contributed by atoms with E-state index in [-0.39, 0.29) is 0 Å². The molecule has 1 aromatic carbocycles. The van der Waals surface area contributed by atoms with E-state index in [9.17, 15) is 0 Å². The summed E-state index contributed by atoms with van der Waals surface area (Å²) in [6.45, 7) is 9.68. The number of para-hydroxylation sites is 1. The molecule has 19 heavy (non-hydrogen) atoms. The van der Waals surface area contributed by atoms with Gasteiger partial charge in [-0.05, 0) is 51.9 Å². The number of anilines is 1. The van der Waals surface area contributed by atoms with Crippen molar-refractivity contribution in [1.29, 1.82) is 0 Å². The Morgan fingerprint density at radius 3 is 2.42 bits per heavy atom. The molecule has 0 bridgehead atoms. The van der Waals surface area contributed by atoms with Crippen molar-refractivity contribution in [1.82, 2.24) is 4.90 Å². The van der Waals surface area contributed by atoms with Crippen LogP contribution >= 0.6 is 0 Å². The molecule has 1 saturated heterocycles. The number of nitrogens with zero attached hydrogens (tertiary/aromatic N) is 2.